The van der Waals surface area contributed by atoms with E-state index in [4.69, 9.17) is 4.74 Å². The van der Waals surface area contributed by atoms with Crippen LogP contribution >= 0.6 is 47.8 Å². The van der Waals surface area contributed by atoms with Crippen molar-refractivity contribution >= 4 is 59.4 Å². The highest BCUT2D eigenvalue weighted by atomic mass is 79.9. The third-order valence-corrected chi connectivity index (χ3v) is 4.10. The SMILES string of the molecule is O=C(COc1c(Br)cc(Br)cc1Br)N=Nc1c(O)[nH]c(=O)[nH]c1=O. The molecule has 0 fully saturated rings. The van der Waals surface area contributed by atoms with E-state index in [0.717, 1.165) is 4.47 Å². The van der Waals surface area contributed by atoms with Crippen molar-refractivity contribution in [1.29, 1.82) is 0 Å². The summed E-state index contributed by atoms with van der Waals surface area (Å²) in [5.41, 5.74) is -2.47. The van der Waals surface area contributed by atoms with Crippen LogP contribution in [-0.4, -0.2) is 27.6 Å². The predicted octanol–water partition coefficient (Wildman–Crippen LogP) is 2.75. The van der Waals surface area contributed by atoms with Gasteiger partial charge in [0.1, 0.15) is 5.75 Å². The Morgan fingerprint density at radius 1 is 1.17 bits per heavy atom. The van der Waals surface area contributed by atoms with Crippen molar-refractivity contribution in [1.82, 2.24) is 9.97 Å². The lowest BCUT2D eigenvalue weighted by atomic mass is 10.3. The Hall–Kier alpha value is -1.79. The number of nitrogens with one attached hydrogen (secondary N) is 2. The fourth-order valence-corrected chi connectivity index (χ4v) is 3.98. The number of ether oxygens (including phenoxy) is 1. The second-order valence-corrected chi connectivity index (χ2v) is 6.81. The van der Waals surface area contributed by atoms with Crippen LogP contribution in [0.5, 0.6) is 11.6 Å². The van der Waals surface area contributed by atoms with Crippen molar-refractivity contribution < 1.29 is 14.6 Å². The number of hydrogen-bond donors (Lipinski definition) is 3. The number of rotatable bonds is 4. The second kappa shape index (κ2) is 7.85. The Balaban J connectivity index is 2.10. The molecule has 0 aliphatic heterocycles. The van der Waals surface area contributed by atoms with Gasteiger partial charge in [0.15, 0.2) is 6.61 Å². The van der Waals surface area contributed by atoms with E-state index in [1.807, 2.05) is 9.97 Å². The molecule has 0 unspecified atom stereocenters. The molecule has 24 heavy (non-hydrogen) atoms. The highest BCUT2D eigenvalue weighted by Crippen LogP contribution is 2.36. The van der Waals surface area contributed by atoms with E-state index >= 15 is 0 Å². The number of carbonyl (C=O) groups is 1. The topological polar surface area (TPSA) is 137 Å². The van der Waals surface area contributed by atoms with Gasteiger partial charge >= 0.3 is 11.6 Å². The summed E-state index contributed by atoms with van der Waals surface area (Å²) in [6, 6.07) is 3.45. The van der Waals surface area contributed by atoms with Gasteiger partial charge in [0.05, 0.1) is 8.95 Å². The summed E-state index contributed by atoms with van der Waals surface area (Å²) in [4.78, 5) is 37.8. The Morgan fingerprint density at radius 3 is 2.38 bits per heavy atom. The molecule has 0 aliphatic rings. The molecule has 0 saturated carbocycles. The molecule has 3 N–H and O–H groups in total. The summed E-state index contributed by atoms with van der Waals surface area (Å²) >= 11 is 9.87. The first-order chi connectivity index (χ1) is 11.3. The summed E-state index contributed by atoms with van der Waals surface area (Å²) in [5.74, 6) is -1.21. The van der Waals surface area contributed by atoms with Crippen molar-refractivity contribution in [3.63, 3.8) is 0 Å². The number of aromatic amines is 2. The lowest BCUT2D eigenvalue weighted by Gasteiger charge is -2.08. The fourth-order valence-electron chi connectivity index (χ4n) is 1.50. The maximum atomic E-state index is 11.7. The summed E-state index contributed by atoms with van der Waals surface area (Å²) < 4.78 is 7.33. The van der Waals surface area contributed by atoms with Crippen molar-refractivity contribution in [2.75, 3.05) is 6.61 Å². The molecule has 0 spiro atoms. The average molecular weight is 527 g/mol. The first kappa shape index (κ1) is 18.5. The molecule has 126 valence electrons. The van der Waals surface area contributed by atoms with E-state index in [0.29, 0.717) is 14.7 Å². The first-order valence-electron chi connectivity index (χ1n) is 6.05. The monoisotopic (exact) mass is 524 g/mol. The molecule has 12 heteroatoms. The van der Waals surface area contributed by atoms with Gasteiger partial charge in [-0.15, -0.1) is 10.2 Å². The van der Waals surface area contributed by atoms with Gasteiger partial charge in [-0.25, -0.2) is 4.79 Å². The molecule has 2 rings (SSSR count). The zero-order valence-corrected chi connectivity index (χ0v) is 16.2. The Morgan fingerprint density at radius 2 is 1.79 bits per heavy atom. The largest absolute Gasteiger partial charge is 0.493 e. The molecule has 0 saturated heterocycles. The quantitative estimate of drug-likeness (QED) is 0.526. The van der Waals surface area contributed by atoms with Gasteiger partial charge in [0, 0.05) is 4.47 Å². The minimum atomic E-state index is -0.980. The Labute approximate surface area is 158 Å². The van der Waals surface area contributed by atoms with Crippen LogP contribution < -0.4 is 16.0 Å². The van der Waals surface area contributed by atoms with Crippen LogP contribution in [0.15, 0.2) is 45.4 Å². The van der Waals surface area contributed by atoms with E-state index in [1.54, 1.807) is 12.1 Å². The van der Waals surface area contributed by atoms with Gasteiger partial charge in [0.2, 0.25) is 11.6 Å². The molecular formula is C12H7Br3N4O5. The number of benzene rings is 1. The van der Waals surface area contributed by atoms with Gasteiger partial charge in [-0.05, 0) is 44.0 Å². The summed E-state index contributed by atoms with van der Waals surface area (Å²) in [5, 5.41) is 16.0. The molecule has 1 aromatic heterocycles. The molecule has 0 atom stereocenters. The molecule has 0 aliphatic carbocycles. The predicted molar refractivity (Wildman–Crippen MR) is 93.9 cm³/mol. The van der Waals surface area contributed by atoms with Crippen molar-refractivity contribution in [2.45, 2.75) is 0 Å². The maximum Gasteiger partial charge on any atom is 0.328 e. The Bertz CT molecular complexity index is 914. The average Bonchev–Trinajstić information content (AvgIpc) is 2.44. The van der Waals surface area contributed by atoms with Crippen LogP contribution in [-0.2, 0) is 4.79 Å². The number of amides is 1. The molecule has 1 amide bonds. The number of carbonyl (C=O) groups excluding carboxylic acids is 1. The number of nitrogens with zero attached hydrogens (tertiary/aromatic N) is 2. The number of H-pyrrole nitrogens is 2. The molecule has 1 heterocycles. The van der Waals surface area contributed by atoms with E-state index in [1.165, 1.54) is 0 Å². The van der Waals surface area contributed by atoms with Gasteiger partial charge in [0.25, 0.3) is 5.56 Å². The van der Waals surface area contributed by atoms with Crippen LogP contribution in [0.25, 0.3) is 0 Å². The number of aromatic hydroxyl groups is 1. The second-order valence-electron chi connectivity index (χ2n) is 4.19. The number of aromatic nitrogens is 2. The summed E-state index contributed by atoms with van der Waals surface area (Å²) in [7, 11) is 0. The highest BCUT2D eigenvalue weighted by molar-refractivity contribution is 9.11. The normalized spacial score (nSPS) is 11.0. The fraction of sp³-hybridized carbons (Fsp3) is 0.0833. The third kappa shape index (κ3) is 4.61. The van der Waals surface area contributed by atoms with Gasteiger partial charge < -0.3 is 9.84 Å². The molecule has 1 aromatic carbocycles. The molecule has 2 aromatic rings. The highest BCUT2D eigenvalue weighted by Gasteiger charge is 2.12. The minimum Gasteiger partial charge on any atom is -0.493 e. The maximum absolute atomic E-state index is 11.7. The van der Waals surface area contributed by atoms with Crippen LogP contribution in [0, 0.1) is 0 Å². The summed E-state index contributed by atoms with van der Waals surface area (Å²) in [6.45, 7) is -0.454. The number of azo groups is 1. The standard InChI is InChI=1S/C12H7Br3N4O5/c13-4-1-5(14)9(6(15)2-4)24-3-7(20)18-19-8-10(21)16-12(23)17-11(8)22/h1-2H,3H2,(H3,16,17,21,22,23). The molecule has 0 radical (unpaired) electrons. The van der Waals surface area contributed by atoms with Gasteiger partial charge in [-0.2, -0.15) is 0 Å². The van der Waals surface area contributed by atoms with Crippen LogP contribution in [0.4, 0.5) is 5.69 Å². The Kier molecular flexibility index (Phi) is 6.07. The number of hydrogen-bond acceptors (Lipinski definition) is 6. The first-order valence-corrected chi connectivity index (χ1v) is 8.43. The summed E-state index contributed by atoms with van der Waals surface area (Å²) in [6.07, 6.45) is 0. The zero-order valence-electron chi connectivity index (χ0n) is 11.5. The minimum absolute atomic E-state index is 0.381. The lowest BCUT2D eigenvalue weighted by Crippen LogP contribution is -2.21. The van der Waals surface area contributed by atoms with E-state index in [2.05, 4.69) is 58.0 Å². The van der Waals surface area contributed by atoms with Gasteiger partial charge in [-0.1, -0.05) is 15.9 Å². The molecular weight excluding hydrogens is 520 g/mol. The van der Waals surface area contributed by atoms with Crippen LogP contribution in [0.2, 0.25) is 0 Å². The smallest absolute Gasteiger partial charge is 0.328 e. The van der Waals surface area contributed by atoms with Crippen LogP contribution in [0.1, 0.15) is 0 Å². The van der Waals surface area contributed by atoms with Crippen molar-refractivity contribution in [2.24, 2.45) is 10.2 Å². The lowest BCUT2D eigenvalue weighted by molar-refractivity contribution is -0.120. The van der Waals surface area contributed by atoms with Crippen molar-refractivity contribution in [3.05, 3.63) is 46.4 Å². The van der Waals surface area contributed by atoms with Crippen molar-refractivity contribution in [3.8, 4) is 11.6 Å². The number of halogens is 3. The molecule has 0 bridgehead atoms. The molecule has 9 nitrogen and oxygen atoms in total. The van der Waals surface area contributed by atoms with Gasteiger partial charge in [-0.3, -0.25) is 19.6 Å². The van der Waals surface area contributed by atoms with E-state index < -0.39 is 35.3 Å². The third-order valence-electron chi connectivity index (χ3n) is 2.46. The zero-order chi connectivity index (χ0) is 17.9. The van der Waals surface area contributed by atoms with E-state index in [9.17, 15) is 19.5 Å². The van der Waals surface area contributed by atoms with Crippen LogP contribution in [0.3, 0.4) is 0 Å². The van der Waals surface area contributed by atoms with E-state index in [-0.39, 0.29) is 0 Å².